The molecule has 3 aromatic carbocycles. The predicted molar refractivity (Wildman–Crippen MR) is 102 cm³/mol. The second kappa shape index (κ2) is 7.93. The summed E-state index contributed by atoms with van der Waals surface area (Å²) >= 11 is 6.03. The van der Waals surface area contributed by atoms with Crippen molar-refractivity contribution < 1.29 is 9.90 Å². The van der Waals surface area contributed by atoms with Crippen molar-refractivity contribution >= 4 is 23.5 Å². The fraction of sp³-hybridized carbons (Fsp3) is 0.0455. The minimum atomic E-state index is -1.06. The van der Waals surface area contributed by atoms with E-state index in [0.29, 0.717) is 21.7 Å². The molecule has 0 saturated heterocycles. The van der Waals surface area contributed by atoms with Gasteiger partial charge in [0.05, 0.1) is 0 Å². The van der Waals surface area contributed by atoms with Crippen LogP contribution in [0.25, 0.3) is 6.08 Å². The molecule has 0 bridgehead atoms. The summed E-state index contributed by atoms with van der Waals surface area (Å²) in [7, 11) is 0. The average Bonchev–Trinajstić information content (AvgIpc) is 2.66. The zero-order chi connectivity index (χ0) is 17.6. The minimum absolute atomic E-state index is 0.211. The first-order valence-electron chi connectivity index (χ1n) is 7.95. The zero-order valence-corrected chi connectivity index (χ0v) is 14.2. The van der Waals surface area contributed by atoms with Gasteiger partial charge in [-0.3, -0.25) is 4.79 Å². The number of hydrogen-bond donors (Lipinski definition) is 1. The summed E-state index contributed by atoms with van der Waals surface area (Å²) in [4.78, 5) is 13.0. The lowest BCUT2D eigenvalue weighted by Crippen LogP contribution is -2.12. The number of carbonyl (C=O) groups is 1. The van der Waals surface area contributed by atoms with Gasteiger partial charge in [0, 0.05) is 16.2 Å². The Kier molecular flexibility index (Phi) is 5.44. The molecule has 3 aromatic rings. The van der Waals surface area contributed by atoms with Crippen molar-refractivity contribution in [2.45, 2.75) is 6.10 Å². The number of carbonyl (C=O) groups excluding carboxylic acids is 1. The molecule has 25 heavy (non-hydrogen) atoms. The Hall–Kier alpha value is -2.68. The predicted octanol–water partition coefficient (Wildman–Crippen LogP) is 5.34. The largest absolute Gasteiger partial charge is 0.384 e. The number of benzene rings is 3. The van der Waals surface area contributed by atoms with Gasteiger partial charge in [-0.25, -0.2) is 0 Å². The van der Waals surface area contributed by atoms with E-state index >= 15 is 0 Å². The molecule has 2 nitrogen and oxygen atoms in total. The van der Waals surface area contributed by atoms with Crippen molar-refractivity contribution in [1.82, 2.24) is 0 Å². The van der Waals surface area contributed by atoms with Gasteiger partial charge in [0.15, 0.2) is 5.78 Å². The topological polar surface area (TPSA) is 37.3 Å². The van der Waals surface area contributed by atoms with Crippen LogP contribution >= 0.6 is 11.6 Å². The molecule has 0 saturated carbocycles. The van der Waals surface area contributed by atoms with Crippen LogP contribution in [0.5, 0.6) is 0 Å². The summed E-state index contributed by atoms with van der Waals surface area (Å²) in [5.74, 6) is -0.211. The van der Waals surface area contributed by atoms with Crippen LogP contribution in [0.4, 0.5) is 0 Å². The molecule has 0 fully saturated rings. The van der Waals surface area contributed by atoms with Crippen LogP contribution in [0, 0.1) is 0 Å². The van der Waals surface area contributed by atoms with Gasteiger partial charge in [0.25, 0.3) is 0 Å². The van der Waals surface area contributed by atoms with E-state index in [1.165, 1.54) is 0 Å². The Morgan fingerprint density at radius 1 is 0.880 bits per heavy atom. The van der Waals surface area contributed by atoms with Crippen molar-refractivity contribution in [3.05, 3.63) is 112 Å². The highest BCUT2D eigenvalue weighted by Gasteiger charge is 2.22. The highest BCUT2D eigenvalue weighted by atomic mass is 35.5. The molecule has 1 atom stereocenters. The van der Waals surface area contributed by atoms with Crippen LogP contribution < -0.4 is 0 Å². The smallest absolute Gasteiger partial charge is 0.191 e. The van der Waals surface area contributed by atoms with Gasteiger partial charge in [-0.05, 0) is 29.3 Å². The van der Waals surface area contributed by atoms with Crippen LogP contribution in [0.15, 0.2) is 90.5 Å². The summed E-state index contributed by atoms with van der Waals surface area (Å²) in [6.45, 7) is 0. The Morgan fingerprint density at radius 2 is 1.52 bits per heavy atom. The standard InChI is InChI=1S/C22H17ClO2/c23-19-13-7-12-18(15-19)22(25)20(14-16-8-3-1-4-9-16)21(24)17-10-5-2-6-11-17/h1-15,22,25H/b20-14+. The quantitative estimate of drug-likeness (QED) is 0.499. The van der Waals surface area contributed by atoms with Gasteiger partial charge in [-0.2, -0.15) is 0 Å². The maximum atomic E-state index is 13.0. The lowest BCUT2D eigenvalue weighted by molar-refractivity contribution is 0.0989. The molecular formula is C22H17ClO2. The SMILES string of the molecule is O=C(/C(=C\c1ccccc1)C(O)c1cccc(Cl)c1)c1ccccc1. The number of aliphatic hydroxyl groups excluding tert-OH is 1. The average molecular weight is 349 g/mol. The fourth-order valence-corrected chi connectivity index (χ4v) is 2.81. The van der Waals surface area contributed by atoms with E-state index in [2.05, 4.69) is 0 Å². The summed E-state index contributed by atoms with van der Waals surface area (Å²) in [6, 6.07) is 25.3. The van der Waals surface area contributed by atoms with Crippen molar-refractivity contribution in [2.24, 2.45) is 0 Å². The lowest BCUT2D eigenvalue weighted by Gasteiger charge is -2.15. The summed E-state index contributed by atoms with van der Waals surface area (Å²) in [6.07, 6.45) is 0.660. The molecule has 0 amide bonds. The molecule has 0 aliphatic rings. The van der Waals surface area contributed by atoms with Gasteiger partial charge in [0.1, 0.15) is 6.10 Å². The van der Waals surface area contributed by atoms with Gasteiger partial charge in [-0.15, -0.1) is 0 Å². The van der Waals surface area contributed by atoms with Crippen LogP contribution in [0.1, 0.15) is 27.6 Å². The molecule has 0 aliphatic heterocycles. The van der Waals surface area contributed by atoms with Gasteiger partial charge < -0.3 is 5.11 Å². The maximum absolute atomic E-state index is 13.0. The molecule has 124 valence electrons. The monoisotopic (exact) mass is 348 g/mol. The number of aliphatic hydroxyl groups is 1. The van der Waals surface area contributed by atoms with Crippen molar-refractivity contribution in [3.63, 3.8) is 0 Å². The molecule has 0 heterocycles. The van der Waals surface area contributed by atoms with Gasteiger partial charge >= 0.3 is 0 Å². The molecule has 3 rings (SSSR count). The minimum Gasteiger partial charge on any atom is -0.384 e. The number of Topliss-reactive ketones (excluding diaryl/α,β-unsaturated/α-hetero) is 1. The Labute approximate surface area is 152 Å². The maximum Gasteiger partial charge on any atom is 0.191 e. The molecule has 0 aliphatic carbocycles. The fourth-order valence-electron chi connectivity index (χ4n) is 2.61. The molecule has 0 aromatic heterocycles. The molecule has 3 heteroatoms. The molecular weight excluding hydrogens is 332 g/mol. The van der Waals surface area contributed by atoms with Crippen LogP contribution in [-0.4, -0.2) is 10.9 Å². The zero-order valence-electron chi connectivity index (χ0n) is 13.5. The van der Waals surface area contributed by atoms with E-state index in [1.807, 2.05) is 36.4 Å². The molecule has 1 unspecified atom stereocenters. The number of hydrogen-bond acceptors (Lipinski definition) is 2. The van der Waals surface area contributed by atoms with Crippen LogP contribution in [0.3, 0.4) is 0 Å². The number of halogens is 1. The van der Waals surface area contributed by atoms with Crippen molar-refractivity contribution in [2.75, 3.05) is 0 Å². The van der Waals surface area contributed by atoms with Crippen molar-refractivity contribution in [3.8, 4) is 0 Å². The van der Waals surface area contributed by atoms with Crippen LogP contribution in [0.2, 0.25) is 5.02 Å². The number of rotatable bonds is 5. The van der Waals surface area contributed by atoms with Crippen molar-refractivity contribution in [1.29, 1.82) is 0 Å². The first-order chi connectivity index (χ1) is 12.1. The van der Waals surface area contributed by atoms with Gasteiger partial charge in [0.2, 0.25) is 0 Å². The van der Waals surface area contributed by atoms with E-state index in [1.54, 1.807) is 54.6 Å². The normalized spacial score (nSPS) is 12.6. The molecule has 0 radical (unpaired) electrons. The molecule has 0 spiro atoms. The van der Waals surface area contributed by atoms with E-state index in [9.17, 15) is 9.90 Å². The summed E-state index contributed by atoms with van der Waals surface area (Å²) in [5, 5.41) is 11.4. The van der Waals surface area contributed by atoms with Crippen LogP contribution in [-0.2, 0) is 0 Å². The lowest BCUT2D eigenvalue weighted by atomic mass is 9.92. The summed E-state index contributed by atoms with van der Waals surface area (Å²) in [5.41, 5.74) is 2.27. The highest BCUT2D eigenvalue weighted by Crippen LogP contribution is 2.28. The summed E-state index contributed by atoms with van der Waals surface area (Å²) < 4.78 is 0. The number of ketones is 1. The third-order valence-electron chi connectivity index (χ3n) is 3.88. The Bertz CT molecular complexity index is 886. The third kappa shape index (κ3) is 4.24. The molecule has 1 N–H and O–H groups in total. The highest BCUT2D eigenvalue weighted by molar-refractivity contribution is 6.30. The second-order valence-corrected chi connectivity index (χ2v) is 6.10. The van der Waals surface area contributed by atoms with E-state index in [4.69, 9.17) is 11.6 Å². The van der Waals surface area contributed by atoms with E-state index in [-0.39, 0.29) is 5.78 Å². The second-order valence-electron chi connectivity index (χ2n) is 5.66. The Balaban J connectivity index is 2.06. The third-order valence-corrected chi connectivity index (χ3v) is 4.11. The Morgan fingerprint density at radius 3 is 2.16 bits per heavy atom. The van der Waals surface area contributed by atoms with E-state index in [0.717, 1.165) is 5.56 Å². The first-order valence-corrected chi connectivity index (χ1v) is 8.33. The van der Waals surface area contributed by atoms with Gasteiger partial charge in [-0.1, -0.05) is 84.4 Å². The van der Waals surface area contributed by atoms with E-state index < -0.39 is 6.10 Å². The first kappa shape index (κ1) is 17.2.